The Balaban J connectivity index is 1.63. The summed E-state index contributed by atoms with van der Waals surface area (Å²) in [6.07, 6.45) is -3.36. The third kappa shape index (κ3) is 5.79. The van der Waals surface area contributed by atoms with E-state index in [1.165, 1.54) is 34.9 Å². The van der Waals surface area contributed by atoms with E-state index < -0.39 is 35.9 Å². The lowest BCUT2D eigenvalue weighted by atomic mass is 9.96. The fraction of sp³-hybridized carbons (Fsp3) is 0.310. The number of rotatable bonds is 5. The van der Waals surface area contributed by atoms with Crippen LogP contribution in [-0.2, 0) is 11.0 Å². The number of piperazine rings is 1. The van der Waals surface area contributed by atoms with Crippen molar-refractivity contribution in [2.45, 2.75) is 30.5 Å². The quantitative estimate of drug-likeness (QED) is 0.184. The largest absolute Gasteiger partial charge is 0.416 e. The summed E-state index contributed by atoms with van der Waals surface area (Å²) in [5, 5.41) is 2.54. The van der Waals surface area contributed by atoms with Crippen LogP contribution in [0.25, 0.3) is 0 Å². The molecule has 5 rings (SSSR count). The predicted octanol–water partition coefficient (Wildman–Crippen LogP) is 6.93. The third-order valence-electron chi connectivity index (χ3n) is 7.28. The lowest BCUT2D eigenvalue weighted by molar-refractivity contribution is -0.137. The summed E-state index contributed by atoms with van der Waals surface area (Å²) in [7, 11) is 0. The van der Waals surface area contributed by atoms with Crippen LogP contribution in [0.2, 0.25) is 0 Å². The Labute approximate surface area is 238 Å². The summed E-state index contributed by atoms with van der Waals surface area (Å²) in [5.74, 6) is -1.42. The van der Waals surface area contributed by atoms with Crippen molar-refractivity contribution in [1.82, 2.24) is 4.90 Å². The number of aliphatic imine (C=N–C) groups is 1. The molecule has 7 nitrogen and oxygen atoms in total. The first-order valence-electron chi connectivity index (χ1n) is 12.9. The molecular weight excluding hydrogens is 558 g/mol. The second-order valence-corrected chi connectivity index (χ2v) is 10.7. The molecule has 12 heteroatoms. The number of hydrogen-bond donors (Lipinski definition) is 0. The predicted molar refractivity (Wildman–Crippen MR) is 152 cm³/mol. The van der Waals surface area contributed by atoms with Crippen molar-refractivity contribution in [3.63, 3.8) is 0 Å². The molecule has 1 atom stereocenters. The van der Waals surface area contributed by atoms with Gasteiger partial charge in [0.2, 0.25) is 5.96 Å². The fourth-order valence-corrected chi connectivity index (χ4v) is 5.87. The topological polar surface area (TPSA) is 68.6 Å². The summed E-state index contributed by atoms with van der Waals surface area (Å²) in [6, 6.07) is 14.7. The Bertz CT molecular complexity index is 1500. The number of fused-ring (bicyclic) bond motifs is 1. The van der Waals surface area contributed by atoms with Crippen molar-refractivity contribution < 1.29 is 22.4 Å². The van der Waals surface area contributed by atoms with Gasteiger partial charge in [-0.15, -0.1) is 16.7 Å². The number of benzene rings is 3. The summed E-state index contributed by atoms with van der Waals surface area (Å²) < 4.78 is 56.8. The maximum Gasteiger partial charge on any atom is 0.416 e. The van der Waals surface area contributed by atoms with Gasteiger partial charge in [-0.25, -0.2) is 9.38 Å². The van der Waals surface area contributed by atoms with Crippen molar-refractivity contribution in [3.8, 4) is 0 Å². The molecule has 0 spiro atoms. The highest BCUT2D eigenvalue weighted by molar-refractivity contribution is 7.98. The molecule has 41 heavy (non-hydrogen) atoms. The van der Waals surface area contributed by atoms with E-state index in [1.54, 1.807) is 12.3 Å². The number of nitroso groups, excluding NO2 is 1. The maximum absolute atomic E-state index is 15.1. The van der Waals surface area contributed by atoms with Gasteiger partial charge >= 0.3 is 6.18 Å². The third-order valence-corrected chi connectivity index (χ3v) is 8.07. The first-order chi connectivity index (χ1) is 19.6. The lowest BCUT2D eigenvalue weighted by Gasteiger charge is -2.45. The van der Waals surface area contributed by atoms with Gasteiger partial charge in [0, 0.05) is 47.5 Å². The summed E-state index contributed by atoms with van der Waals surface area (Å²) >= 11 is 1.23. The summed E-state index contributed by atoms with van der Waals surface area (Å²) in [5.41, 5.74) is 1.72. The normalized spacial score (nSPS) is 17.3. The number of thioether (sulfide) groups is 1. The van der Waals surface area contributed by atoms with Crippen LogP contribution in [0.5, 0.6) is 0 Å². The molecule has 0 N–H and O–H groups in total. The molecule has 0 saturated carbocycles. The van der Waals surface area contributed by atoms with Crippen LogP contribution in [0.4, 0.5) is 34.6 Å². The van der Waals surface area contributed by atoms with Crippen molar-refractivity contribution in [2.75, 3.05) is 42.2 Å². The van der Waals surface area contributed by atoms with E-state index in [2.05, 4.69) is 21.1 Å². The number of nitrogens with zero attached hydrogens (tertiary/aromatic N) is 5. The van der Waals surface area contributed by atoms with Crippen LogP contribution >= 0.6 is 11.8 Å². The van der Waals surface area contributed by atoms with Gasteiger partial charge in [0.25, 0.3) is 5.91 Å². The number of amides is 1. The van der Waals surface area contributed by atoms with Gasteiger partial charge in [-0.3, -0.25) is 4.79 Å². The molecule has 1 saturated heterocycles. The van der Waals surface area contributed by atoms with E-state index in [-0.39, 0.29) is 22.9 Å². The fourth-order valence-electron chi connectivity index (χ4n) is 5.30. The number of guanidine groups is 1. The van der Waals surface area contributed by atoms with Gasteiger partial charge in [0.15, 0.2) is 0 Å². The highest BCUT2D eigenvalue weighted by atomic mass is 32.2. The Morgan fingerprint density at radius 2 is 1.73 bits per heavy atom. The van der Waals surface area contributed by atoms with Crippen molar-refractivity contribution >= 4 is 40.7 Å². The molecule has 0 bridgehead atoms. The number of anilines is 2. The van der Waals surface area contributed by atoms with Gasteiger partial charge in [0.1, 0.15) is 11.5 Å². The van der Waals surface area contributed by atoms with Crippen LogP contribution in [0.15, 0.2) is 75.7 Å². The zero-order chi connectivity index (χ0) is 29.3. The SMILES string of the molecule is CSc1ccc(C(F)(F)F)cc1N1C(N2CCN(c3cccc(C)c3)CC2)=Nc2c(F)cccc2C1CC(=O)N=O. The Hall–Kier alpha value is -3.93. The van der Waals surface area contributed by atoms with Crippen LogP contribution in [0.1, 0.15) is 29.2 Å². The summed E-state index contributed by atoms with van der Waals surface area (Å²) in [4.78, 5) is 34.4. The molecule has 0 aliphatic carbocycles. The standard InChI is InChI=1S/C29H27F4N5O2S/c1-18-5-3-6-20(15-18)36-11-13-37(14-12-36)28-34-27-21(7-4-8-22(27)30)23(17-26(39)35-40)38(28)24-16-19(29(31,32)33)9-10-25(24)41-2/h3-10,15-16,23H,11-14,17H2,1-2H3. The highest BCUT2D eigenvalue weighted by Crippen LogP contribution is 2.46. The Morgan fingerprint density at radius 3 is 2.39 bits per heavy atom. The highest BCUT2D eigenvalue weighted by Gasteiger charge is 2.40. The zero-order valence-electron chi connectivity index (χ0n) is 22.4. The van der Waals surface area contributed by atoms with E-state index in [1.807, 2.05) is 30.0 Å². The molecule has 3 aromatic carbocycles. The molecule has 3 aromatic rings. The average molecular weight is 586 g/mol. The second-order valence-electron chi connectivity index (χ2n) is 9.86. The number of para-hydroxylation sites is 1. The van der Waals surface area contributed by atoms with Crippen molar-refractivity contribution in [3.05, 3.63) is 88.1 Å². The molecule has 214 valence electrons. The van der Waals surface area contributed by atoms with Gasteiger partial charge in [-0.05, 0) is 55.1 Å². The van der Waals surface area contributed by atoms with Crippen LogP contribution < -0.4 is 9.80 Å². The van der Waals surface area contributed by atoms with Crippen molar-refractivity contribution in [2.24, 2.45) is 10.2 Å². The summed E-state index contributed by atoms with van der Waals surface area (Å²) in [6.45, 7) is 4.05. The van der Waals surface area contributed by atoms with E-state index in [0.717, 1.165) is 23.4 Å². The Morgan fingerprint density at radius 1 is 1.02 bits per heavy atom. The lowest BCUT2D eigenvalue weighted by Crippen LogP contribution is -2.55. The van der Waals surface area contributed by atoms with Crippen LogP contribution in [0, 0.1) is 17.6 Å². The van der Waals surface area contributed by atoms with Crippen LogP contribution in [-0.4, -0.2) is 49.2 Å². The molecule has 0 radical (unpaired) electrons. The number of hydrogen-bond acceptors (Lipinski definition) is 7. The smallest absolute Gasteiger partial charge is 0.368 e. The molecule has 2 aliphatic heterocycles. The van der Waals surface area contributed by atoms with Gasteiger partial charge in [-0.2, -0.15) is 13.2 Å². The number of carbonyl (C=O) groups excluding carboxylic acids is 1. The molecule has 2 aliphatic rings. The number of aryl methyl sites for hydroxylation is 1. The van der Waals surface area contributed by atoms with E-state index in [0.29, 0.717) is 31.1 Å². The molecule has 1 fully saturated rings. The van der Waals surface area contributed by atoms with Gasteiger partial charge in [-0.1, -0.05) is 24.3 Å². The molecule has 2 heterocycles. The zero-order valence-corrected chi connectivity index (χ0v) is 23.2. The first kappa shape index (κ1) is 28.6. The first-order valence-corrected chi connectivity index (χ1v) is 14.2. The van der Waals surface area contributed by atoms with Gasteiger partial charge < -0.3 is 14.7 Å². The van der Waals surface area contributed by atoms with Gasteiger partial charge in [0.05, 0.1) is 23.7 Å². The minimum absolute atomic E-state index is 0.0127. The van der Waals surface area contributed by atoms with E-state index in [4.69, 9.17) is 0 Å². The molecular formula is C29H27F4N5O2S. The number of halogens is 4. The number of alkyl halides is 3. The van der Waals surface area contributed by atoms with E-state index in [9.17, 15) is 22.9 Å². The molecule has 0 aromatic heterocycles. The second kappa shape index (κ2) is 11.5. The monoisotopic (exact) mass is 585 g/mol. The Kier molecular flexibility index (Phi) is 8.03. The molecule has 1 unspecified atom stereocenters. The van der Waals surface area contributed by atoms with E-state index >= 15 is 4.39 Å². The minimum Gasteiger partial charge on any atom is -0.368 e. The average Bonchev–Trinajstić information content (AvgIpc) is 2.96. The van der Waals surface area contributed by atoms with Crippen molar-refractivity contribution in [1.29, 1.82) is 0 Å². The molecule has 1 amide bonds. The number of carbonyl (C=O) groups is 1. The minimum atomic E-state index is -4.63. The maximum atomic E-state index is 15.1. The van der Waals surface area contributed by atoms with Crippen LogP contribution in [0.3, 0.4) is 0 Å².